The molecule has 93 heavy (non-hydrogen) atoms. The molecule has 0 spiro atoms. The number of allylic oxidation sites excluding steroid dienone is 6. The molecule has 1 aromatic carbocycles. The van der Waals surface area contributed by atoms with Crippen LogP contribution in [-0.4, -0.2) is 133 Å². The van der Waals surface area contributed by atoms with Crippen molar-refractivity contribution in [1.82, 2.24) is 14.9 Å². The number of nitrogens with two attached hydrogens (primary N) is 6. The number of fused-ring (bicyclic) bond motifs is 7. The predicted octanol–water partition coefficient (Wildman–Crippen LogP) is 2.91. The minimum Gasteiger partial charge on any atom is -0.756 e. The minimum atomic E-state index is -5.32. The summed E-state index contributed by atoms with van der Waals surface area (Å²) in [6, 6.07) is 2.65. The van der Waals surface area contributed by atoms with Gasteiger partial charge in [0.25, 0.3) is 7.82 Å². The summed E-state index contributed by atoms with van der Waals surface area (Å²) >= 11 is 0. The predicted molar refractivity (Wildman–Crippen MR) is 342 cm³/mol. The van der Waals surface area contributed by atoms with Gasteiger partial charge in [-0.25, -0.2) is 4.98 Å². The van der Waals surface area contributed by atoms with Gasteiger partial charge in [0.05, 0.1) is 41.3 Å². The molecule has 17 N–H and O–H groups in total. The molecule has 1 aromatic heterocycles. The van der Waals surface area contributed by atoms with Crippen molar-refractivity contribution < 1.29 is 89.3 Å². The number of benzene rings is 1. The molecule has 8 bridgehead atoms. The number of aliphatic imine (C=N–C) groups is 3. The van der Waals surface area contributed by atoms with E-state index in [0.717, 1.165) is 11.1 Å². The van der Waals surface area contributed by atoms with Crippen molar-refractivity contribution in [3.8, 4) is 0 Å². The van der Waals surface area contributed by atoms with Crippen molar-refractivity contribution in [3.63, 3.8) is 0 Å². The maximum atomic E-state index is 14.4. The topological polar surface area (TPSA) is 496 Å². The van der Waals surface area contributed by atoms with Crippen LogP contribution in [0.4, 0.5) is 0 Å². The molecule has 6 aliphatic heterocycles. The van der Waals surface area contributed by atoms with E-state index in [0.29, 0.717) is 56.4 Å². The molecule has 0 saturated carbocycles. The first-order valence-electron chi connectivity index (χ1n) is 30.5. The molecular formula is C62H91ClCoN13O15P. The van der Waals surface area contributed by atoms with Crippen LogP contribution in [0.15, 0.2) is 67.8 Å². The first-order chi connectivity index (χ1) is 41.8. The van der Waals surface area contributed by atoms with Crippen LogP contribution in [0.2, 0.25) is 0 Å². The molecule has 31 heteroatoms. The molecule has 6 aliphatic rings. The Hall–Kier alpha value is -6.24. The number of amides is 7. The van der Waals surface area contributed by atoms with Crippen molar-refractivity contribution in [2.45, 2.75) is 189 Å². The Balaban J connectivity index is 0.00000523. The zero-order chi connectivity index (χ0) is 66.7. The molecular weight excluding hydrogens is 1290 g/mol. The van der Waals surface area contributed by atoms with E-state index in [1.807, 2.05) is 80.5 Å². The van der Waals surface area contributed by atoms with Crippen molar-refractivity contribution in [3.05, 3.63) is 69.2 Å². The SMILES string of the molecule is C/C1=C2/[N-][C@H]([C@H](CC(N)=O)[C@@]2(C)CCC(=O)NC[C@@H](C)OP(=O)([O-])O[C@H]2[C@@H](O)[C@@H](n3cnc4cc(C)c(C)cc43)O[C@@H]2CO)[C@]2(C)N=C(/C(C)=C3N=C(/C=C4N=C1[C@@H](CCC(N)=O)C\4(C)C)[C@@H](CCC(N)=O)[C@]\3(C)CC(N)=O)[C@@H](CCC(N)=O)[C@]2(C)CC(N)=O.Cl.O.[Co+2]. The number of phosphoric acid groups is 1. The summed E-state index contributed by atoms with van der Waals surface area (Å²) in [6.07, 6.45) is -4.79. The number of imidazole rings is 1. The van der Waals surface area contributed by atoms with Gasteiger partial charge in [0, 0.05) is 108 Å². The summed E-state index contributed by atoms with van der Waals surface area (Å²) < 4.78 is 31.9. The maximum absolute atomic E-state index is 14.4. The van der Waals surface area contributed by atoms with Gasteiger partial charge < -0.3 is 84.0 Å². The molecule has 515 valence electrons. The third-order valence-corrected chi connectivity index (χ3v) is 21.6. The van der Waals surface area contributed by atoms with Gasteiger partial charge in [-0.3, -0.25) is 53.1 Å². The number of primary amides is 6. The van der Waals surface area contributed by atoms with Gasteiger partial charge in [0.1, 0.15) is 18.3 Å². The second-order valence-corrected chi connectivity index (χ2v) is 28.3. The second-order valence-electron chi connectivity index (χ2n) is 27.0. The van der Waals surface area contributed by atoms with Crippen molar-refractivity contribution in [2.75, 3.05) is 13.2 Å². The summed E-state index contributed by atoms with van der Waals surface area (Å²) in [6.45, 7) is 19.0. The fourth-order valence-electron chi connectivity index (χ4n) is 15.3. The summed E-state index contributed by atoms with van der Waals surface area (Å²) in [4.78, 5) is 128. The quantitative estimate of drug-likeness (QED) is 0.0612. The van der Waals surface area contributed by atoms with Gasteiger partial charge in [0.2, 0.25) is 41.4 Å². The van der Waals surface area contributed by atoms with E-state index in [4.69, 9.17) is 68.5 Å². The number of rotatable bonds is 26. The largest absolute Gasteiger partial charge is 2.00 e. The number of phosphoric ester groups is 1. The molecule has 28 nitrogen and oxygen atoms in total. The first-order valence-corrected chi connectivity index (χ1v) is 32.0. The summed E-state index contributed by atoms with van der Waals surface area (Å²) in [5.41, 5.74) is 36.7. The van der Waals surface area contributed by atoms with E-state index in [9.17, 15) is 53.2 Å². The standard InChI is InChI=1S/C62H90N13O14P.ClH.Co.H2O/c1-29-20-39-40(21-30(29)2)75(28-70-39)57-52(84)53(41(27-76)87-57)89-90(85,86)88-31(3)26-69-49(83)18-19-59(8)37(22-46(66)80)56-62(11)61(10,25-48(68)82)36(14-17-45(65)79)51(74-62)33(5)55-60(9,24-47(67)81)34(12-15-43(63)77)38(71-55)23-42-58(6,7)35(13-16-44(64)78)50(72-42)32(4)54(59)73-56;;;/h20-21,23,28,31,34-37,41,52-53,56-57,76,84H,12-19,22,24-27H2,1-11H3,(H15,63,64,65,66,67,68,69,71,72,73,74,77,78,79,80,81,82,83,85,86);1H;;1H2/q;;+2;/p-2/t31-,34-,35-,36-,37+,41-,52-,53-,56-,57+,59-,60+,61+,62+;;;/m1.../s1. The van der Waals surface area contributed by atoms with Crippen LogP contribution in [0.5, 0.6) is 0 Å². The van der Waals surface area contributed by atoms with Crippen LogP contribution in [-0.2, 0) is 68.7 Å². The number of carbonyl (C=O) groups excluding carboxylic acids is 7. The summed E-state index contributed by atoms with van der Waals surface area (Å²) in [7, 11) is -5.32. The van der Waals surface area contributed by atoms with Crippen molar-refractivity contribution in [1.29, 1.82) is 0 Å². The fourth-order valence-corrected chi connectivity index (χ4v) is 16.4. The van der Waals surface area contributed by atoms with Gasteiger partial charge in [0.15, 0.2) is 6.23 Å². The van der Waals surface area contributed by atoms with Gasteiger partial charge >= 0.3 is 16.8 Å². The van der Waals surface area contributed by atoms with Crippen LogP contribution >= 0.6 is 20.2 Å². The average molecular weight is 1380 g/mol. The van der Waals surface area contributed by atoms with E-state index in [-0.39, 0.29) is 112 Å². The summed E-state index contributed by atoms with van der Waals surface area (Å²) in [5.74, 6) is -7.40. The van der Waals surface area contributed by atoms with Crippen LogP contribution in [0.1, 0.15) is 150 Å². The molecule has 1 unspecified atom stereocenters. The summed E-state index contributed by atoms with van der Waals surface area (Å²) in [5, 5.41) is 30.1. The van der Waals surface area contributed by atoms with E-state index in [1.165, 1.54) is 17.8 Å². The molecule has 8 rings (SSSR count). The minimum absolute atomic E-state index is 0. The monoisotopic (exact) mass is 1380 g/mol. The number of hydrogen-bond acceptors (Lipinski definition) is 18. The third kappa shape index (κ3) is 14.9. The van der Waals surface area contributed by atoms with Crippen molar-refractivity contribution >= 4 is 89.7 Å². The maximum Gasteiger partial charge on any atom is 2.00 e. The zero-order valence-corrected chi connectivity index (χ0v) is 57.2. The Morgan fingerprint density at radius 2 is 1.38 bits per heavy atom. The molecule has 2 fully saturated rings. The molecule has 1 radical (unpaired) electrons. The molecule has 0 aliphatic carbocycles. The van der Waals surface area contributed by atoms with Crippen LogP contribution in [0.25, 0.3) is 16.4 Å². The van der Waals surface area contributed by atoms with Gasteiger partial charge in [-0.15, -0.1) is 12.4 Å². The normalized spacial score (nSPS) is 33.1. The molecule has 7 heterocycles. The van der Waals surface area contributed by atoms with E-state index < -0.39 is 143 Å². The van der Waals surface area contributed by atoms with Crippen LogP contribution in [0.3, 0.4) is 0 Å². The number of nitrogens with one attached hydrogen (secondary N) is 1. The van der Waals surface area contributed by atoms with E-state index in [2.05, 4.69) is 10.3 Å². The number of carbonyl (C=O) groups is 7. The second kappa shape index (κ2) is 29.0. The number of nitrogens with zero attached hydrogens (tertiary/aromatic N) is 6. The molecule has 2 aromatic rings. The smallest absolute Gasteiger partial charge is 0.756 e. The number of aryl methyl sites for hydroxylation is 2. The number of hydrogen-bond donors (Lipinski definition) is 9. The first kappa shape index (κ1) is 77.5. The molecule has 15 atom stereocenters. The van der Waals surface area contributed by atoms with E-state index >= 15 is 0 Å². The van der Waals surface area contributed by atoms with E-state index in [1.54, 1.807) is 6.92 Å². The van der Waals surface area contributed by atoms with Crippen LogP contribution in [0, 0.1) is 59.2 Å². The average Bonchev–Trinajstić information content (AvgIpc) is 1.53. The van der Waals surface area contributed by atoms with Gasteiger partial charge in [-0.1, -0.05) is 40.7 Å². The number of ether oxygens (including phenoxy) is 1. The Morgan fingerprint density at radius 1 is 0.796 bits per heavy atom. The number of aliphatic hydroxyl groups excluding tert-OH is 2. The zero-order valence-electron chi connectivity index (χ0n) is 54.4. The molecule has 7 amide bonds. The number of aliphatic hydroxyl groups is 2. The van der Waals surface area contributed by atoms with Gasteiger partial charge in [-0.05, 0) is 119 Å². The Bertz CT molecular complexity index is 3550. The van der Waals surface area contributed by atoms with Crippen molar-refractivity contribution in [2.24, 2.45) is 94.7 Å². The Labute approximate surface area is 557 Å². The van der Waals surface area contributed by atoms with Crippen LogP contribution < -0.4 is 44.6 Å². The fraction of sp³-hybridized carbons (Fsp3) is 0.629. The molecule has 2 saturated heterocycles. The Kier molecular flexibility index (Phi) is 24.2. The third-order valence-electron chi connectivity index (χ3n) is 20.5. The number of aromatic nitrogens is 2. The Morgan fingerprint density at radius 3 is 1.95 bits per heavy atom. The van der Waals surface area contributed by atoms with Gasteiger partial charge in [-0.2, -0.15) is 5.70 Å². The number of halogens is 1.